The highest BCUT2D eigenvalue weighted by molar-refractivity contribution is 5.90. The summed E-state index contributed by atoms with van der Waals surface area (Å²) in [7, 11) is 0. The third-order valence-electron chi connectivity index (χ3n) is 7.18. The van der Waals surface area contributed by atoms with Crippen LogP contribution >= 0.6 is 0 Å². The van der Waals surface area contributed by atoms with E-state index in [0.29, 0.717) is 31.1 Å². The Kier molecular flexibility index (Phi) is 6.76. The molecule has 0 spiro atoms. The second kappa shape index (κ2) is 10.7. The minimum atomic E-state index is -0.168. The summed E-state index contributed by atoms with van der Waals surface area (Å²) >= 11 is 0. The van der Waals surface area contributed by atoms with Gasteiger partial charge in [-0.15, -0.1) is 0 Å². The molecule has 196 valence electrons. The number of nitrogens with one attached hydrogen (secondary N) is 1. The van der Waals surface area contributed by atoms with Gasteiger partial charge in [-0.3, -0.25) is 5.41 Å². The van der Waals surface area contributed by atoms with Crippen LogP contribution in [0.2, 0.25) is 0 Å². The zero-order chi connectivity index (χ0) is 26.8. The molecule has 1 N–H and O–H groups in total. The zero-order valence-electron chi connectivity index (χ0n) is 22.2. The fraction of sp³-hybridized carbons (Fsp3) is 0.212. The smallest absolute Gasteiger partial charge is 0.228 e. The molecule has 6 rings (SSSR count). The summed E-state index contributed by atoms with van der Waals surface area (Å²) < 4.78 is 19.8. The van der Waals surface area contributed by atoms with E-state index in [0.717, 1.165) is 56.7 Å². The van der Waals surface area contributed by atoms with Crippen LogP contribution in [0.1, 0.15) is 42.0 Å². The van der Waals surface area contributed by atoms with Crippen molar-refractivity contribution in [1.29, 1.82) is 5.41 Å². The van der Waals surface area contributed by atoms with E-state index in [2.05, 4.69) is 42.5 Å². The van der Waals surface area contributed by atoms with Gasteiger partial charge in [0, 0.05) is 18.0 Å². The maximum atomic E-state index is 9.31. The van der Waals surface area contributed by atoms with Crippen LogP contribution in [-0.4, -0.2) is 22.8 Å². The maximum absolute atomic E-state index is 9.31. The van der Waals surface area contributed by atoms with Gasteiger partial charge in [-0.1, -0.05) is 66.7 Å². The Morgan fingerprint density at radius 3 is 2.44 bits per heavy atom. The topological polar surface area (TPSA) is 69.4 Å². The first-order valence-electron chi connectivity index (χ1n) is 13.4. The molecule has 2 heterocycles. The van der Waals surface area contributed by atoms with Gasteiger partial charge in [0.2, 0.25) is 5.88 Å². The predicted molar refractivity (Wildman–Crippen MR) is 152 cm³/mol. The van der Waals surface area contributed by atoms with Crippen LogP contribution in [0.15, 0.2) is 91.3 Å². The Balaban J connectivity index is 1.41. The monoisotopic (exact) mass is 517 g/mol. The summed E-state index contributed by atoms with van der Waals surface area (Å²) in [6.07, 6.45) is 2.44. The second-order valence-electron chi connectivity index (χ2n) is 9.55. The summed E-state index contributed by atoms with van der Waals surface area (Å²) in [5.74, 6) is 2.61. The molecule has 6 nitrogen and oxygen atoms in total. The largest absolute Gasteiger partial charge is 0.490 e. The molecule has 1 aromatic heterocycles. The van der Waals surface area contributed by atoms with Crippen LogP contribution in [0.25, 0.3) is 10.8 Å². The average molecular weight is 518 g/mol. The van der Waals surface area contributed by atoms with E-state index in [1.165, 1.54) is 0 Å². The van der Waals surface area contributed by atoms with Gasteiger partial charge < -0.3 is 18.8 Å². The fourth-order valence-corrected chi connectivity index (χ4v) is 5.41. The number of hydrogen-bond donors (Lipinski definition) is 1. The van der Waals surface area contributed by atoms with Crippen LogP contribution in [0.5, 0.6) is 23.1 Å². The molecule has 1 aliphatic heterocycles. The van der Waals surface area contributed by atoms with E-state index >= 15 is 0 Å². The first-order valence-corrected chi connectivity index (χ1v) is 13.4. The minimum Gasteiger partial charge on any atom is -0.490 e. The molecule has 39 heavy (non-hydrogen) atoms. The molecule has 0 saturated heterocycles. The van der Waals surface area contributed by atoms with Gasteiger partial charge in [-0.25, -0.2) is 4.98 Å². The first kappa shape index (κ1) is 24.7. The van der Waals surface area contributed by atoms with Crippen LogP contribution in [-0.2, 0) is 13.0 Å². The Bertz CT molecular complexity index is 1690. The zero-order valence-corrected chi connectivity index (χ0v) is 22.2. The van der Waals surface area contributed by atoms with Crippen molar-refractivity contribution in [2.75, 3.05) is 13.2 Å². The minimum absolute atomic E-state index is 0.168. The van der Waals surface area contributed by atoms with Gasteiger partial charge in [0.25, 0.3) is 0 Å². The SMILES string of the molecule is CCOc1ccc(CCn2cnc3c(c2=N)[C@H](c2ccccc2)c2c(ccc4ccccc24)O3)cc1OCC. The highest BCUT2D eigenvalue weighted by Crippen LogP contribution is 2.47. The van der Waals surface area contributed by atoms with Crippen LogP contribution in [0.3, 0.4) is 0 Å². The summed E-state index contributed by atoms with van der Waals surface area (Å²) in [5, 5.41) is 11.6. The molecule has 0 bridgehead atoms. The van der Waals surface area contributed by atoms with Crippen molar-refractivity contribution in [1.82, 2.24) is 9.55 Å². The normalized spacial score (nSPS) is 13.8. The number of hydrogen-bond acceptors (Lipinski definition) is 5. The van der Waals surface area contributed by atoms with Crippen molar-refractivity contribution in [3.63, 3.8) is 0 Å². The van der Waals surface area contributed by atoms with Crippen molar-refractivity contribution in [3.8, 4) is 23.1 Å². The summed E-state index contributed by atoms with van der Waals surface area (Å²) in [6.45, 7) is 5.69. The quantitative estimate of drug-likeness (QED) is 0.240. The van der Waals surface area contributed by atoms with Crippen molar-refractivity contribution >= 4 is 10.8 Å². The van der Waals surface area contributed by atoms with E-state index in [9.17, 15) is 5.41 Å². The average Bonchev–Trinajstić information content (AvgIpc) is 2.97. The molecule has 6 heteroatoms. The lowest BCUT2D eigenvalue weighted by Crippen LogP contribution is -2.30. The molecule has 5 aromatic rings. The lowest BCUT2D eigenvalue weighted by atomic mass is 9.81. The van der Waals surface area contributed by atoms with E-state index < -0.39 is 0 Å². The molecule has 0 unspecified atom stereocenters. The molecule has 0 amide bonds. The number of nitrogens with zero attached hydrogens (tertiary/aromatic N) is 2. The highest BCUT2D eigenvalue weighted by atomic mass is 16.5. The van der Waals surface area contributed by atoms with Crippen molar-refractivity contribution in [2.24, 2.45) is 0 Å². The number of benzene rings is 4. The maximum Gasteiger partial charge on any atom is 0.228 e. The summed E-state index contributed by atoms with van der Waals surface area (Å²) in [5.41, 5.74) is 4.49. The molecule has 1 atom stereocenters. The van der Waals surface area contributed by atoms with E-state index in [1.54, 1.807) is 6.33 Å². The number of rotatable bonds is 8. The standard InChI is InChI=1S/C33H31N3O3/c1-3-37-26-16-14-22(20-28(26)38-4-2)18-19-36-21-35-33-31(32(36)34)29(24-11-6-5-7-12-24)30-25-13-9-8-10-23(25)15-17-27(30)39-33/h5-17,20-21,29,34H,3-4,18-19H2,1-2H3/t29-/m1/s1. The van der Waals surface area contributed by atoms with Crippen molar-refractivity contribution in [3.05, 3.63) is 119 Å². The van der Waals surface area contributed by atoms with Crippen LogP contribution in [0, 0.1) is 5.41 Å². The highest BCUT2D eigenvalue weighted by Gasteiger charge is 2.33. The third-order valence-corrected chi connectivity index (χ3v) is 7.18. The molecule has 0 radical (unpaired) electrons. The van der Waals surface area contributed by atoms with E-state index in [-0.39, 0.29) is 5.92 Å². The molecule has 0 aliphatic carbocycles. The Hall–Kier alpha value is -4.58. The molecular weight excluding hydrogens is 486 g/mol. The lowest BCUT2D eigenvalue weighted by molar-refractivity contribution is 0.287. The predicted octanol–water partition coefficient (Wildman–Crippen LogP) is 6.84. The number of aromatic nitrogens is 2. The van der Waals surface area contributed by atoms with Gasteiger partial charge in [0.1, 0.15) is 17.6 Å². The fourth-order valence-electron chi connectivity index (χ4n) is 5.41. The van der Waals surface area contributed by atoms with Gasteiger partial charge in [0.05, 0.1) is 18.8 Å². The Labute approximate surface area is 228 Å². The molecule has 4 aromatic carbocycles. The van der Waals surface area contributed by atoms with E-state index in [4.69, 9.17) is 19.2 Å². The molecular formula is C33H31N3O3. The number of aryl methyl sites for hydroxylation is 2. The lowest BCUT2D eigenvalue weighted by Gasteiger charge is -2.29. The number of ether oxygens (including phenoxy) is 3. The summed E-state index contributed by atoms with van der Waals surface area (Å²) in [4.78, 5) is 4.71. The second-order valence-corrected chi connectivity index (χ2v) is 9.55. The third kappa shape index (κ3) is 4.63. The van der Waals surface area contributed by atoms with Gasteiger partial charge in [-0.2, -0.15) is 0 Å². The molecule has 0 fully saturated rings. The van der Waals surface area contributed by atoms with Crippen molar-refractivity contribution in [2.45, 2.75) is 32.7 Å². The number of fused-ring (bicyclic) bond motifs is 4. The van der Waals surface area contributed by atoms with Crippen LogP contribution in [0.4, 0.5) is 0 Å². The molecule has 0 saturated carbocycles. The summed E-state index contributed by atoms with van der Waals surface area (Å²) in [6, 6.07) is 28.9. The first-order chi connectivity index (χ1) is 19.2. The van der Waals surface area contributed by atoms with Crippen LogP contribution < -0.4 is 19.7 Å². The van der Waals surface area contributed by atoms with Gasteiger partial charge in [-0.05, 0) is 60.4 Å². The molecule has 1 aliphatic rings. The van der Waals surface area contributed by atoms with Crippen molar-refractivity contribution < 1.29 is 14.2 Å². The Morgan fingerprint density at radius 2 is 1.62 bits per heavy atom. The van der Waals surface area contributed by atoms with Gasteiger partial charge in [0.15, 0.2) is 11.5 Å². The Morgan fingerprint density at radius 1 is 0.846 bits per heavy atom. The van der Waals surface area contributed by atoms with Gasteiger partial charge >= 0.3 is 0 Å². The van der Waals surface area contributed by atoms with E-state index in [1.807, 2.05) is 60.9 Å².